The molecule has 2 heterocycles. The van der Waals surface area contributed by atoms with Crippen LogP contribution in [0.25, 0.3) is 0 Å². The van der Waals surface area contributed by atoms with Crippen LogP contribution in [-0.4, -0.2) is 70.6 Å². The standard InChI is InChI=1S/C25H37N3O3/c1-18-7-5-6-8-19(18)15-24(30)27-13-11-21(12-14-27)28-17-22(29)16-23(28)25(31)26-20-9-3-2-4-10-20/h5-8,20-23,29H,2-4,9-17H2,1H3,(H,26,31)/t22-,23+/m1/s1. The van der Waals surface area contributed by atoms with Gasteiger partial charge in [-0.05, 0) is 50.2 Å². The predicted octanol–water partition coefficient (Wildman–Crippen LogP) is 2.41. The number of nitrogens with zero attached hydrogens (tertiary/aromatic N) is 2. The van der Waals surface area contributed by atoms with Crippen LogP contribution in [0.2, 0.25) is 0 Å². The molecule has 2 amide bonds. The van der Waals surface area contributed by atoms with Gasteiger partial charge >= 0.3 is 0 Å². The molecule has 2 N–H and O–H groups in total. The fourth-order valence-corrected chi connectivity index (χ4v) is 5.57. The molecule has 3 aliphatic rings. The van der Waals surface area contributed by atoms with Gasteiger partial charge in [-0.15, -0.1) is 0 Å². The van der Waals surface area contributed by atoms with Crippen LogP contribution in [0.3, 0.4) is 0 Å². The summed E-state index contributed by atoms with van der Waals surface area (Å²) in [5.74, 6) is 0.266. The molecule has 2 saturated heterocycles. The highest BCUT2D eigenvalue weighted by atomic mass is 16.3. The Hall–Kier alpha value is -1.92. The van der Waals surface area contributed by atoms with Crippen molar-refractivity contribution in [1.29, 1.82) is 0 Å². The van der Waals surface area contributed by atoms with Crippen molar-refractivity contribution >= 4 is 11.8 Å². The highest BCUT2D eigenvalue weighted by Gasteiger charge is 2.41. The molecule has 1 aliphatic carbocycles. The maximum absolute atomic E-state index is 13.0. The summed E-state index contributed by atoms with van der Waals surface area (Å²) in [5.41, 5.74) is 2.25. The van der Waals surface area contributed by atoms with Crippen molar-refractivity contribution in [3.63, 3.8) is 0 Å². The monoisotopic (exact) mass is 427 g/mol. The van der Waals surface area contributed by atoms with E-state index in [1.54, 1.807) is 0 Å². The quantitative estimate of drug-likeness (QED) is 0.757. The number of β-amino-alcohol motifs (C(OH)–C–C–N with tert-alkyl or cyclic N) is 1. The second-order valence-corrected chi connectivity index (χ2v) is 9.66. The molecule has 0 spiro atoms. The highest BCUT2D eigenvalue weighted by Crippen LogP contribution is 2.28. The normalized spacial score (nSPS) is 26.2. The molecule has 31 heavy (non-hydrogen) atoms. The number of piperidine rings is 1. The molecule has 170 valence electrons. The number of nitrogens with one attached hydrogen (secondary N) is 1. The summed E-state index contributed by atoms with van der Waals surface area (Å²) in [6.07, 6.45) is 8.04. The molecule has 2 atom stereocenters. The summed E-state index contributed by atoms with van der Waals surface area (Å²) in [6.45, 7) is 4.05. The van der Waals surface area contributed by atoms with Gasteiger partial charge in [-0.25, -0.2) is 0 Å². The summed E-state index contributed by atoms with van der Waals surface area (Å²) in [5, 5.41) is 13.6. The van der Waals surface area contributed by atoms with Gasteiger partial charge < -0.3 is 15.3 Å². The third kappa shape index (κ3) is 5.47. The first-order valence-corrected chi connectivity index (χ1v) is 12.1. The van der Waals surface area contributed by atoms with E-state index in [-0.39, 0.29) is 23.9 Å². The number of benzene rings is 1. The van der Waals surface area contributed by atoms with E-state index in [0.29, 0.717) is 25.4 Å². The first-order chi connectivity index (χ1) is 15.0. The molecular formula is C25H37N3O3. The highest BCUT2D eigenvalue weighted by molar-refractivity contribution is 5.82. The van der Waals surface area contributed by atoms with E-state index in [1.165, 1.54) is 19.3 Å². The van der Waals surface area contributed by atoms with E-state index in [2.05, 4.69) is 10.2 Å². The number of carbonyl (C=O) groups is 2. The first kappa shape index (κ1) is 22.3. The van der Waals surface area contributed by atoms with Crippen LogP contribution in [0.1, 0.15) is 62.5 Å². The summed E-state index contributed by atoms with van der Waals surface area (Å²) in [6, 6.07) is 8.37. The molecule has 0 radical (unpaired) electrons. The second-order valence-electron chi connectivity index (χ2n) is 9.66. The SMILES string of the molecule is Cc1ccccc1CC(=O)N1CCC(N2C[C@H](O)C[C@H]2C(=O)NC2CCCCC2)CC1. The van der Waals surface area contributed by atoms with Crippen LogP contribution in [0, 0.1) is 6.92 Å². The van der Waals surface area contributed by atoms with Gasteiger partial charge in [-0.1, -0.05) is 43.5 Å². The Morgan fingerprint density at radius 1 is 1.06 bits per heavy atom. The van der Waals surface area contributed by atoms with Crippen molar-refractivity contribution in [3.8, 4) is 0 Å². The molecule has 6 nitrogen and oxygen atoms in total. The van der Waals surface area contributed by atoms with Gasteiger partial charge in [-0.2, -0.15) is 0 Å². The Bertz CT molecular complexity index is 769. The predicted molar refractivity (Wildman–Crippen MR) is 121 cm³/mol. The first-order valence-electron chi connectivity index (χ1n) is 12.1. The zero-order valence-electron chi connectivity index (χ0n) is 18.8. The molecule has 3 fully saturated rings. The van der Waals surface area contributed by atoms with E-state index >= 15 is 0 Å². The van der Waals surface area contributed by atoms with Gasteiger partial charge in [-0.3, -0.25) is 14.5 Å². The third-order valence-corrected chi connectivity index (χ3v) is 7.46. The molecule has 1 aromatic rings. The zero-order chi connectivity index (χ0) is 21.8. The molecule has 1 saturated carbocycles. The van der Waals surface area contributed by atoms with Gasteiger partial charge in [0.2, 0.25) is 11.8 Å². The molecule has 0 unspecified atom stereocenters. The number of aliphatic hydroxyl groups is 1. The Morgan fingerprint density at radius 3 is 2.48 bits per heavy atom. The molecule has 6 heteroatoms. The average Bonchev–Trinajstić information content (AvgIpc) is 3.18. The lowest BCUT2D eigenvalue weighted by atomic mass is 9.95. The summed E-state index contributed by atoms with van der Waals surface area (Å²) < 4.78 is 0. The lowest BCUT2D eigenvalue weighted by molar-refractivity contribution is -0.133. The average molecular weight is 428 g/mol. The largest absolute Gasteiger partial charge is 0.392 e. The Labute approximate surface area is 186 Å². The minimum Gasteiger partial charge on any atom is -0.392 e. The Kier molecular flexibility index (Phi) is 7.28. The van der Waals surface area contributed by atoms with E-state index < -0.39 is 6.10 Å². The van der Waals surface area contributed by atoms with Crippen molar-refractivity contribution in [2.24, 2.45) is 0 Å². The summed E-state index contributed by atoms with van der Waals surface area (Å²) in [4.78, 5) is 30.0. The Morgan fingerprint density at radius 2 is 1.77 bits per heavy atom. The van der Waals surface area contributed by atoms with Crippen LogP contribution in [-0.2, 0) is 16.0 Å². The van der Waals surface area contributed by atoms with Crippen LogP contribution in [0.5, 0.6) is 0 Å². The van der Waals surface area contributed by atoms with Gasteiger partial charge in [0.1, 0.15) is 0 Å². The molecule has 2 aliphatic heterocycles. The lowest BCUT2D eigenvalue weighted by Gasteiger charge is -2.39. The third-order valence-electron chi connectivity index (χ3n) is 7.46. The van der Waals surface area contributed by atoms with Crippen molar-refractivity contribution in [2.75, 3.05) is 19.6 Å². The second kappa shape index (κ2) is 10.1. The topological polar surface area (TPSA) is 72.9 Å². The number of hydrogen-bond acceptors (Lipinski definition) is 4. The molecule has 0 bridgehead atoms. The Balaban J connectivity index is 1.31. The minimum atomic E-state index is -0.442. The van der Waals surface area contributed by atoms with Crippen LogP contribution in [0.15, 0.2) is 24.3 Å². The maximum atomic E-state index is 13.0. The molecule has 1 aromatic carbocycles. The van der Waals surface area contributed by atoms with E-state index in [1.807, 2.05) is 36.1 Å². The number of aryl methyl sites for hydroxylation is 1. The number of rotatable bonds is 5. The number of amides is 2. The number of likely N-dealkylation sites (tertiary alicyclic amines) is 2. The van der Waals surface area contributed by atoms with E-state index in [9.17, 15) is 14.7 Å². The smallest absolute Gasteiger partial charge is 0.237 e. The van der Waals surface area contributed by atoms with E-state index in [4.69, 9.17) is 0 Å². The van der Waals surface area contributed by atoms with Gasteiger partial charge in [0.05, 0.1) is 18.6 Å². The van der Waals surface area contributed by atoms with Crippen molar-refractivity contribution < 1.29 is 14.7 Å². The maximum Gasteiger partial charge on any atom is 0.237 e. The van der Waals surface area contributed by atoms with Crippen LogP contribution >= 0.6 is 0 Å². The molecule has 4 rings (SSSR count). The minimum absolute atomic E-state index is 0.0847. The fourth-order valence-electron chi connectivity index (χ4n) is 5.57. The van der Waals surface area contributed by atoms with Gasteiger partial charge in [0, 0.05) is 31.7 Å². The summed E-state index contributed by atoms with van der Waals surface area (Å²) >= 11 is 0. The van der Waals surface area contributed by atoms with Gasteiger partial charge in [0.15, 0.2) is 0 Å². The molecule has 0 aromatic heterocycles. The van der Waals surface area contributed by atoms with E-state index in [0.717, 1.165) is 49.9 Å². The molecular weight excluding hydrogens is 390 g/mol. The zero-order valence-corrected chi connectivity index (χ0v) is 18.8. The lowest BCUT2D eigenvalue weighted by Crippen LogP contribution is -2.53. The number of hydrogen-bond donors (Lipinski definition) is 2. The van der Waals surface area contributed by atoms with Crippen LogP contribution < -0.4 is 5.32 Å². The van der Waals surface area contributed by atoms with Crippen LogP contribution in [0.4, 0.5) is 0 Å². The van der Waals surface area contributed by atoms with Crippen molar-refractivity contribution in [3.05, 3.63) is 35.4 Å². The number of carbonyl (C=O) groups excluding carboxylic acids is 2. The van der Waals surface area contributed by atoms with Crippen molar-refractivity contribution in [1.82, 2.24) is 15.1 Å². The van der Waals surface area contributed by atoms with Crippen molar-refractivity contribution in [2.45, 2.75) is 88.9 Å². The summed E-state index contributed by atoms with van der Waals surface area (Å²) in [7, 11) is 0. The fraction of sp³-hybridized carbons (Fsp3) is 0.680. The number of aliphatic hydroxyl groups excluding tert-OH is 1. The van der Waals surface area contributed by atoms with Gasteiger partial charge in [0.25, 0.3) is 0 Å².